The summed E-state index contributed by atoms with van der Waals surface area (Å²) in [6.45, 7) is 0.964. The van der Waals surface area contributed by atoms with Gasteiger partial charge in [0.1, 0.15) is 17.3 Å². The molecule has 0 bridgehead atoms. The summed E-state index contributed by atoms with van der Waals surface area (Å²) in [5.74, 6) is -0.0197. The number of hydrogen-bond acceptors (Lipinski definition) is 4. The Kier molecular flexibility index (Phi) is 6.33. The third-order valence-corrected chi connectivity index (χ3v) is 4.09. The van der Waals surface area contributed by atoms with Gasteiger partial charge in [-0.25, -0.2) is 14.4 Å². The van der Waals surface area contributed by atoms with Crippen molar-refractivity contribution in [3.63, 3.8) is 0 Å². The second-order valence-electron chi connectivity index (χ2n) is 5.90. The van der Waals surface area contributed by atoms with Gasteiger partial charge >= 0.3 is 0 Å². The molecule has 27 heavy (non-hydrogen) atoms. The van der Waals surface area contributed by atoms with Gasteiger partial charge in [-0.05, 0) is 41.8 Å². The highest BCUT2D eigenvalue weighted by Gasteiger charge is 2.07. The summed E-state index contributed by atoms with van der Waals surface area (Å²) in [7, 11) is 0. The topological polar surface area (TPSA) is 66.9 Å². The van der Waals surface area contributed by atoms with Gasteiger partial charge in [0, 0.05) is 18.1 Å². The molecule has 5 nitrogen and oxygen atoms in total. The maximum Gasteiger partial charge on any atom is 0.271 e. The van der Waals surface area contributed by atoms with E-state index >= 15 is 0 Å². The number of aromatic nitrogens is 2. The number of rotatable bonds is 7. The van der Waals surface area contributed by atoms with Crippen LogP contribution in [0.3, 0.4) is 0 Å². The van der Waals surface area contributed by atoms with Crippen LogP contribution >= 0.6 is 11.6 Å². The number of hydrogen-bond donors (Lipinski definition) is 2. The zero-order chi connectivity index (χ0) is 19.1. The standard InChI is InChI=1S/C20H18ClFN4O/c21-16-3-1-2-14(10-16)8-9-23-20(27)18-12-26-19(13-24-18)25-11-15-4-6-17(22)7-5-15/h1-7,10,12-13H,8-9,11H2,(H,23,27)(H,25,26). The van der Waals surface area contributed by atoms with E-state index in [0.717, 1.165) is 11.1 Å². The van der Waals surface area contributed by atoms with Crippen molar-refractivity contribution in [3.8, 4) is 0 Å². The van der Waals surface area contributed by atoms with Crippen LogP contribution in [0.1, 0.15) is 21.6 Å². The average Bonchev–Trinajstić information content (AvgIpc) is 2.68. The molecule has 0 fully saturated rings. The minimum absolute atomic E-state index is 0.244. The van der Waals surface area contributed by atoms with Gasteiger partial charge in [-0.2, -0.15) is 0 Å². The first-order chi connectivity index (χ1) is 13.1. The van der Waals surface area contributed by atoms with Crippen LogP contribution in [0.15, 0.2) is 60.9 Å². The van der Waals surface area contributed by atoms with E-state index in [1.165, 1.54) is 24.5 Å². The van der Waals surface area contributed by atoms with Crippen molar-refractivity contribution < 1.29 is 9.18 Å². The van der Waals surface area contributed by atoms with Crippen LogP contribution in [0, 0.1) is 5.82 Å². The molecule has 0 saturated carbocycles. The van der Waals surface area contributed by atoms with Crippen molar-refractivity contribution >= 4 is 23.3 Å². The number of nitrogens with one attached hydrogen (secondary N) is 2. The maximum absolute atomic E-state index is 12.9. The van der Waals surface area contributed by atoms with Crippen LogP contribution in [0.5, 0.6) is 0 Å². The Labute approximate surface area is 161 Å². The van der Waals surface area contributed by atoms with E-state index in [4.69, 9.17) is 11.6 Å². The quantitative estimate of drug-likeness (QED) is 0.649. The first-order valence-corrected chi connectivity index (χ1v) is 8.81. The van der Waals surface area contributed by atoms with Crippen LogP contribution < -0.4 is 10.6 Å². The lowest BCUT2D eigenvalue weighted by Crippen LogP contribution is -2.26. The second kappa shape index (κ2) is 9.09. The number of nitrogens with zero attached hydrogens (tertiary/aromatic N) is 2. The molecule has 3 aromatic rings. The Balaban J connectivity index is 1.47. The molecule has 0 aliphatic heterocycles. The Morgan fingerprint density at radius 3 is 2.56 bits per heavy atom. The van der Waals surface area contributed by atoms with E-state index < -0.39 is 0 Å². The van der Waals surface area contributed by atoms with Crippen LogP contribution in [0.2, 0.25) is 5.02 Å². The molecular weight excluding hydrogens is 367 g/mol. The van der Waals surface area contributed by atoms with Crippen molar-refractivity contribution in [2.24, 2.45) is 0 Å². The molecule has 0 atom stereocenters. The van der Waals surface area contributed by atoms with Crippen LogP contribution in [0.25, 0.3) is 0 Å². The average molecular weight is 385 g/mol. The lowest BCUT2D eigenvalue weighted by Gasteiger charge is -2.07. The smallest absolute Gasteiger partial charge is 0.271 e. The fourth-order valence-corrected chi connectivity index (χ4v) is 2.65. The molecule has 138 valence electrons. The van der Waals surface area contributed by atoms with Gasteiger partial charge in [0.05, 0.1) is 12.4 Å². The number of benzene rings is 2. The fourth-order valence-electron chi connectivity index (χ4n) is 2.43. The van der Waals surface area contributed by atoms with Crippen LogP contribution in [-0.4, -0.2) is 22.4 Å². The molecule has 2 aromatic carbocycles. The Bertz CT molecular complexity index is 901. The summed E-state index contributed by atoms with van der Waals surface area (Å²) in [6, 6.07) is 13.7. The molecule has 7 heteroatoms. The first kappa shape index (κ1) is 18.8. The molecule has 0 aliphatic carbocycles. The van der Waals surface area contributed by atoms with Crippen LogP contribution in [-0.2, 0) is 13.0 Å². The highest BCUT2D eigenvalue weighted by Crippen LogP contribution is 2.11. The molecule has 0 aliphatic rings. The highest BCUT2D eigenvalue weighted by atomic mass is 35.5. The second-order valence-corrected chi connectivity index (χ2v) is 6.34. The largest absolute Gasteiger partial charge is 0.365 e. The predicted octanol–water partition coefficient (Wildman–Crippen LogP) is 3.85. The minimum atomic E-state index is -0.283. The van der Waals surface area contributed by atoms with Gasteiger partial charge in [-0.3, -0.25) is 4.79 Å². The number of halogens is 2. The molecule has 1 amide bonds. The first-order valence-electron chi connectivity index (χ1n) is 8.43. The van der Waals surface area contributed by atoms with Crippen LogP contribution in [0.4, 0.5) is 10.2 Å². The Morgan fingerprint density at radius 1 is 1.04 bits per heavy atom. The van der Waals surface area contributed by atoms with E-state index in [2.05, 4.69) is 20.6 Å². The SMILES string of the molecule is O=C(NCCc1cccc(Cl)c1)c1cnc(NCc2ccc(F)cc2)cn1. The van der Waals surface area contributed by atoms with Gasteiger partial charge in [-0.1, -0.05) is 35.9 Å². The number of carbonyl (C=O) groups excluding carboxylic acids is 1. The predicted molar refractivity (Wildman–Crippen MR) is 103 cm³/mol. The molecule has 3 rings (SSSR count). The van der Waals surface area contributed by atoms with Gasteiger partial charge in [-0.15, -0.1) is 0 Å². The van der Waals surface area contributed by atoms with E-state index in [1.807, 2.05) is 24.3 Å². The molecule has 0 saturated heterocycles. The zero-order valence-corrected chi connectivity index (χ0v) is 15.2. The Morgan fingerprint density at radius 2 is 1.85 bits per heavy atom. The molecule has 2 N–H and O–H groups in total. The fraction of sp³-hybridized carbons (Fsp3) is 0.150. The van der Waals surface area contributed by atoms with Crippen molar-refractivity contribution in [2.75, 3.05) is 11.9 Å². The van der Waals surface area contributed by atoms with Gasteiger partial charge < -0.3 is 10.6 Å². The summed E-state index contributed by atoms with van der Waals surface area (Å²) in [6.07, 6.45) is 3.59. The maximum atomic E-state index is 12.9. The lowest BCUT2D eigenvalue weighted by molar-refractivity contribution is 0.0949. The normalized spacial score (nSPS) is 10.4. The van der Waals surface area contributed by atoms with Crippen molar-refractivity contribution in [1.29, 1.82) is 0 Å². The lowest BCUT2D eigenvalue weighted by atomic mass is 10.1. The molecule has 0 spiro atoms. The summed E-state index contributed by atoms with van der Waals surface area (Å²) < 4.78 is 12.9. The van der Waals surface area contributed by atoms with E-state index in [9.17, 15) is 9.18 Å². The summed E-state index contributed by atoms with van der Waals surface area (Å²) in [5.41, 5.74) is 2.21. The van der Waals surface area contributed by atoms with Crippen molar-refractivity contribution in [2.45, 2.75) is 13.0 Å². The van der Waals surface area contributed by atoms with Gasteiger partial charge in [0.25, 0.3) is 5.91 Å². The summed E-state index contributed by atoms with van der Waals surface area (Å²) in [4.78, 5) is 20.4. The minimum Gasteiger partial charge on any atom is -0.365 e. The third-order valence-electron chi connectivity index (χ3n) is 3.86. The van der Waals surface area contributed by atoms with E-state index in [1.54, 1.807) is 12.1 Å². The van der Waals surface area contributed by atoms with E-state index in [-0.39, 0.29) is 17.4 Å². The highest BCUT2D eigenvalue weighted by molar-refractivity contribution is 6.30. The van der Waals surface area contributed by atoms with Gasteiger partial charge in [0.15, 0.2) is 0 Å². The molecular formula is C20H18ClFN4O. The van der Waals surface area contributed by atoms with Crippen molar-refractivity contribution in [3.05, 3.63) is 88.6 Å². The zero-order valence-electron chi connectivity index (χ0n) is 14.5. The molecule has 0 radical (unpaired) electrons. The van der Waals surface area contributed by atoms with E-state index in [0.29, 0.717) is 30.4 Å². The molecule has 1 aromatic heterocycles. The summed E-state index contributed by atoms with van der Waals surface area (Å²) >= 11 is 5.94. The number of amides is 1. The monoisotopic (exact) mass is 384 g/mol. The number of carbonyl (C=O) groups is 1. The van der Waals surface area contributed by atoms with Gasteiger partial charge in [0.2, 0.25) is 0 Å². The molecule has 1 heterocycles. The van der Waals surface area contributed by atoms with Crippen molar-refractivity contribution in [1.82, 2.24) is 15.3 Å². The summed E-state index contributed by atoms with van der Waals surface area (Å²) in [5, 5.41) is 6.56. The molecule has 0 unspecified atom stereocenters. The Hall–Kier alpha value is -2.99. The third kappa shape index (κ3) is 5.76. The number of anilines is 1.